The van der Waals surface area contributed by atoms with Crippen molar-refractivity contribution in [2.24, 2.45) is 0 Å². The van der Waals surface area contributed by atoms with Crippen LogP contribution in [0.2, 0.25) is 0 Å². The summed E-state index contributed by atoms with van der Waals surface area (Å²) in [5.41, 5.74) is 2.86. The van der Waals surface area contributed by atoms with E-state index in [4.69, 9.17) is 4.74 Å². The van der Waals surface area contributed by atoms with Crippen LogP contribution in [-0.2, 0) is 14.4 Å². The number of fused-ring (bicyclic) bond motifs is 1. The number of rotatable bonds is 11. The van der Waals surface area contributed by atoms with Gasteiger partial charge in [0, 0.05) is 101 Å². The van der Waals surface area contributed by atoms with Crippen molar-refractivity contribution in [3.05, 3.63) is 54.2 Å². The number of halogens is 2. The highest BCUT2D eigenvalue weighted by atomic mass is 19.3. The Hall–Kier alpha value is -6.11. The van der Waals surface area contributed by atoms with Crippen molar-refractivity contribution in [1.82, 2.24) is 30.4 Å². The first kappa shape index (κ1) is 42.6. The fraction of sp³-hybridized carbons (Fsp3) is 0.512. The van der Waals surface area contributed by atoms with Gasteiger partial charge in [0.15, 0.2) is 5.82 Å². The number of piperidine rings is 1. The average Bonchev–Trinajstić information content (AvgIpc) is 3.81. The van der Waals surface area contributed by atoms with E-state index in [1.807, 2.05) is 29.2 Å². The lowest BCUT2D eigenvalue weighted by Crippen LogP contribution is -2.49. The lowest BCUT2D eigenvalue weighted by molar-refractivity contribution is -0.140. The number of nitrogens with zero attached hydrogens (tertiary/aromatic N) is 8. The van der Waals surface area contributed by atoms with E-state index in [0.717, 1.165) is 68.1 Å². The molecule has 3 N–H and O–H groups in total. The van der Waals surface area contributed by atoms with Crippen molar-refractivity contribution in [2.75, 3.05) is 98.0 Å². The summed E-state index contributed by atoms with van der Waals surface area (Å²) in [5.74, 6) is -4.58. The summed E-state index contributed by atoms with van der Waals surface area (Å²) in [6.07, 6.45) is 6.62. The topological polar surface area (TPSA) is 176 Å². The maximum Gasteiger partial charge on any atom is 0.342 e. The van der Waals surface area contributed by atoms with Gasteiger partial charge in [0.1, 0.15) is 11.4 Å². The summed E-state index contributed by atoms with van der Waals surface area (Å²) >= 11 is 0. The van der Waals surface area contributed by atoms with Gasteiger partial charge >= 0.3 is 12.0 Å². The van der Waals surface area contributed by atoms with Gasteiger partial charge in [-0.25, -0.2) is 9.78 Å². The van der Waals surface area contributed by atoms with Crippen molar-refractivity contribution in [3.8, 4) is 5.75 Å². The number of nitrogens with one attached hydrogen (secondary N) is 3. The highest BCUT2D eigenvalue weighted by Crippen LogP contribution is 2.40. The number of alkyl halides is 2. The number of imide groups is 1. The minimum atomic E-state index is -3.58. The van der Waals surface area contributed by atoms with Crippen LogP contribution in [-0.4, -0.2) is 140 Å². The van der Waals surface area contributed by atoms with Crippen LogP contribution < -0.4 is 40.3 Å². The molecule has 19 heteroatoms. The Morgan fingerprint density at radius 3 is 2.32 bits per heavy atom. The summed E-state index contributed by atoms with van der Waals surface area (Å²) in [7, 11) is 2.78. The van der Waals surface area contributed by atoms with E-state index in [1.54, 1.807) is 28.0 Å². The van der Waals surface area contributed by atoms with Gasteiger partial charge in [0.2, 0.25) is 17.8 Å². The fourth-order valence-electron chi connectivity index (χ4n) is 9.00. The molecular formula is C43H53F2N11O6. The Bertz CT molecular complexity index is 2170. The number of piperazine rings is 1. The number of amides is 6. The van der Waals surface area contributed by atoms with E-state index in [0.29, 0.717) is 62.4 Å². The molecule has 1 aliphatic carbocycles. The Morgan fingerprint density at radius 1 is 0.919 bits per heavy atom. The van der Waals surface area contributed by atoms with Crippen LogP contribution in [0, 0.1) is 0 Å². The second kappa shape index (κ2) is 18.1. The van der Waals surface area contributed by atoms with Crippen molar-refractivity contribution in [2.45, 2.75) is 69.4 Å². The molecule has 4 aliphatic heterocycles. The molecule has 8 rings (SSSR count). The van der Waals surface area contributed by atoms with Crippen molar-refractivity contribution >= 4 is 64.2 Å². The molecule has 4 fully saturated rings. The number of ether oxygens (including phenoxy) is 1. The summed E-state index contributed by atoms with van der Waals surface area (Å²) in [6.45, 7) is 4.66. The van der Waals surface area contributed by atoms with E-state index in [9.17, 15) is 24.0 Å². The molecule has 0 spiro atoms. The largest absolute Gasteiger partial charge is 0.495 e. The Balaban J connectivity index is 0.793. The first-order valence-corrected chi connectivity index (χ1v) is 21.4. The van der Waals surface area contributed by atoms with Gasteiger partial charge in [-0.3, -0.25) is 34.3 Å². The van der Waals surface area contributed by atoms with Crippen LogP contribution in [0.4, 0.5) is 48.1 Å². The molecule has 0 unspecified atom stereocenters. The molecule has 3 aromatic rings. The van der Waals surface area contributed by atoms with Gasteiger partial charge in [-0.1, -0.05) is 12.8 Å². The molecule has 5 heterocycles. The first-order valence-electron chi connectivity index (χ1n) is 21.4. The quantitative estimate of drug-likeness (QED) is 0.254. The summed E-state index contributed by atoms with van der Waals surface area (Å²) in [5, 5.41) is 8.57. The fourth-order valence-corrected chi connectivity index (χ4v) is 9.00. The van der Waals surface area contributed by atoms with Gasteiger partial charge in [-0.2, -0.15) is 13.8 Å². The van der Waals surface area contributed by atoms with E-state index in [1.165, 1.54) is 20.4 Å². The molecule has 1 saturated carbocycles. The Labute approximate surface area is 358 Å². The molecule has 2 aromatic carbocycles. The van der Waals surface area contributed by atoms with E-state index >= 15 is 8.78 Å². The molecule has 3 saturated heterocycles. The van der Waals surface area contributed by atoms with Crippen LogP contribution in [0.25, 0.3) is 0 Å². The minimum Gasteiger partial charge on any atom is -0.495 e. The molecule has 5 aliphatic rings. The van der Waals surface area contributed by atoms with Crippen LogP contribution >= 0.6 is 0 Å². The number of methoxy groups -OCH3 is 1. The van der Waals surface area contributed by atoms with E-state index in [-0.39, 0.29) is 53.7 Å². The van der Waals surface area contributed by atoms with Crippen LogP contribution in [0.15, 0.2) is 48.7 Å². The molecule has 6 amide bonds. The van der Waals surface area contributed by atoms with Gasteiger partial charge in [-0.15, -0.1) is 0 Å². The van der Waals surface area contributed by atoms with Gasteiger partial charge in [0.25, 0.3) is 11.8 Å². The molecule has 0 radical (unpaired) electrons. The zero-order valence-corrected chi connectivity index (χ0v) is 35.1. The number of hydrogen-bond acceptors (Lipinski definition) is 12. The van der Waals surface area contributed by atoms with Crippen molar-refractivity contribution in [3.63, 3.8) is 0 Å². The molecule has 330 valence electrons. The Kier molecular flexibility index (Phi) is 12.4. The van der Waals surface area contributed by atoms with Crippen LogP contribution in [0.1, 0.15) is 61.7 Å². The SMILES string of the molecule is COc1cc(C(=O)NC2CCN(C(=O)CCN3CCN(c4ccc(N5CCC(=O)NC5=O)cc4)CC3)CC2)ccc1Nc1ncc2c(n1)N(C1CCCC1)CC(F)(F)C(=O)N2C. The van der Waals surface area contributed by atoms with E-state index < -0.39 is 24.4 Å². The standard InChI is InChI=1S/C43H53F2N11O6/c1-51-34-26-46-41(50-38(34)56(31-5-3-4-6-31)27-43(44,45)40(51)60)48-33-12-7-28(25-35(33)62-2)39(59)47-29-13-18-54(19-14-29)37(58)16-17-52-21-23-53(24-22-52)30-8-10-32(11-9-30)55-20-15-36(57)49-42(55)61/h7-12,25-26,29,31H,3-6,13-24,27H2,1-2H3,(H,47,59)(H,46,48,50)(H,49,57,61). The average molecular weight is 858 g/mol. The third-order valence-electron chi connectivity index (χ3n) is 12.6. The molecular weight excluding hydrogens is 805 g/mol. The highest BCUT2D eigenvalue weighted by Gasteiger charge is 2.49. The third kappa shape index (κ3) is 9.22. The number of carbonyl (C=O) groups is 5. The minimum absolute atomic E-state index is 0.104. The number of anilines is 6. The highest BCUT2D eigenvalue weighted by molar-refractivity contribution is 6.05. The van der Waals surface area contributed by atoms with Gasteiger partial charge in [0.05, 0.1) is 25.5 Å². The number of hydrogen-bond donors (Lipinski definition) is 3. The van der Waals surface area contributed by atoms with Crippen LogP contribution in [0.3, 0.4) is 0 Å². The second-order valence-corrected chi connectivity index (χ2v) is 16.6. The number of likely N-dealkylation sites (tertiary alicyclic amines) is 1. The number of urea groups is 1. The number of carbonyl (C=O) groups excluding carboxylic acids is 5. The number of benzene rings is 2. The maximum atomic E-state index is 15.0. The third-order valence-corrected chi connectivity index (χ3v) is 12.6. The summed E-state index contributed by atoms with van der Waals surface area (Å²) in [4.78, 5) is 82.4. The lowest BCUT2D eigenvalue weighted by Gasteiger charge is -2.37. The van der Waals surface area contributed by atoms with Crippen molar-refractivity contribution in [1.29, 1.82) is 0 Å². The lowest BCUT2D eigenvalue weighted by atomic mass is 10.0. The predicted octanol–water partition coefficient (Wildman–Crippen LogP) is 3.97. The molecule has 17 nitrogen and oxygen atoms in total. The van der Waals surface area contributed by atoms with Gasteiger partial charge < -0.3 is 35.0 Å². The zero-order chi connectivity index (χ0) is 43.5. The zero-order valence-electron chi connectivity index (χ0n) is 35.1. The maximum absolute atomic E-state index is 15.0. The second-order valence-electron chi connectivity index (χ2n) is 16.6. The van der Waals surface area contributed by atoms with Gasteiger partial charge in [-0.05, 0) is 68.1 Å². The Morgan fingerprint density at radius 2 is 1.63 bits per heavy atom. The molecule has 1 aromatic heterocycles. The summed E-state index contributed by atoms with van der Waals surface area (Å²) in [6, 6.07) is 12.0. The first-order chi connectivity index (χ1) is 29.9. The monoisotopic (exact) mass is 857 g/mol. The number of aromatic nitrogens is 2. The predicted molar refractivity (Wildman–Crippen MR) is 229 cm³/mol. The smallest absolute Gasteiger partial charge is 0.342 e. The molecule has 62 heavy (non-hydrogen) atoms. The molecule has 0 bridgehead atoms. The van der Waals surface area contributed by atoms with E-state index in [2.05, 4.69) is 35.7 Å². The normalized spacial score (nSPS) is 20.2. The summed E-state index contributed by atoms with van der Waals surface area (Å²) < 4.78 is 35.7. The van der Waals surface area contributed by atoms with Crippen LogP contribution in [0.5, 0.6) is 5.75 Å². The molecule has 0 atom stereocenters. The van der Waals surface area contributed by atoms with Crippen molar-refractivity contribution < 1.29 is 37.5 Å².